The summed E-state index contributed by atoms with van der Waals surface area (Å²) >= 11 is 7.81. The molecule has 0 unspecified atom stereocenters. The lowest BCUT2D eigenvalue weighted by Crippen LogP contribution is -2.28. The lowest BCUT2D eigenvalue weighted by molar-refractivity contribution is 0.0801. The first kappa shape index (κ1) is 15.0. The first-order valence-corrected chi connectivity index (χ1v) is 8.18. The highest BCUT2D eigenvalue weighted by molar-refractivity contribution is 7.21. The summed E-state index contributed by atoms with van der Waals surface area (Å²) < 4.78 is 1.04. The molecule has 2 aromatic heterocycles. The number of carbonyl (C=O) groups is 1. The lowest BCUT2D eigenvalue weighted by Gasteiger charge is -2.16. The summed E-state index contributed by atoms with van der Waals surface area (Å²) in [6.07, 6.45) is 2.49. The molecule has 0 spiro atoms. The fourth-order valence-corrected chi connectivity index (χ4v) is 3.76. The Balaban J connectivity index is 1.76. The highest BCUT2D eigenvalue weighted by Crippen LogP contribution is 2.35. The number of halogens is 1. The molecule has 3 aromatic rings. The Morgan fingerprint density at radius 1 is 1.23 bits per heavy atom. The van der Waals surface area contributed by atoms with Crippen LogP contribution >= 0.6 is 22.9 Å². The van der Waals surface area contributed by atoms with E-state index >= 15 is 0 Å². The lowest BCUT2D eigenvalue weighted by atomic mass is 10.2. The van der Waals surface area contributed by atoms with Gasteiger partial charge < -0.3 is 4.90 Å². The van der Waals surface area contributed by atoms with E-state index in [1.54, 1.807) is 18.1 Å². The van der Waals surface area contributed by atoms with Crippen LogP contribution in [-0.2, 0) is 6.42 Å². The first-order valence-electron chi connectivity index (χ1n) is 6.99. The van der Waals surface area contributed by atoms with E-state index in [1.807, 2.05) is 42.5 Å². The van der Waals surface area contributed by atoms with Crippen molar-refractivity contribution in [1.29, 1.82) is 0 Å². The van der Waals surface area contributed by atoms with Gasteiger partial charge in [-0.1, -0.05) is 35.9 Å². The quantitative estimate of drug-likeness (QED) is 0.716. The average Bonchev–Trinajstić information content (AvgIpc) is 2.90. The van der Waals surface area contributed by atoms with E-state index in [0.717, 1.165) is 22.2 Å². The minimum atomic E-state index is -0.0397. The van der Waals surface area contributed by atoms with Crippen molar-refractivity contribution < 1.29 is 4.79 Å². The summed E-state index contributed by atoms with van der Waals surface area (Å²) in [5, 5.41) is 1.49. The monoisotopic (exact) mass is 330 g/mol. The maximum Gasteiger partial charge on any atom is 0.265 e. The fraction of sp³-hybridized carbons (Fsp3) is 0.176. The average molecular weight is 331 g/mol. The van der Waals surface area contributed by atoms with Crippen LogP contribution in [0.2, 0.25) is 5.02 Å². The molecule has 22 heavy (non-hydrogen) atoms. The highest BCUT2D eigenvalue weighted by Gasteiger charge is 2.20. The zero-order chi connectivity index (χ0) is 15.5. The predicted molar refractivity (Wildman–Crippen MR) is 91.7 cm³/mol. The van der Waals surface area contributed by atoms with E-state index in [-0.39, 0.29) is 5.91 Å². The molecule has 0 saturated carbocycles. The van der Waals surface area contributed by atoms with Gasteiger partial charge in [0.15, 0.2) is 0 Å². The van der Waals surface area contributed by atoms with Gasteiger partial charge in [-0.15, -0.1) is 11.3 Å². The Bertz CT molecular complexity index is 801. The smallest absolute Gasteiger partial charge is 0.265 e. The van der Waals surface area contributed by atoms with Gasteiger partial charge in [0, 0.05) is 42.0 Å². The maximum atomic E-state index is 12.6. The molecule has 0 bridgehead atoms. The van der Waals surface area contributed by atoms with E-state index in [2.05, 4.69) is 4.98 Å². The van der Waals surface area contributed by atoms with Crippen molar-refractivity contribution in [2.75, 3.05) is 13.6 Å². The molecule has 0 radical (unpaired) electrons. The van der Waals surface area contributed by atoms with E-state index in [0.29, 0.717) is 16.4 Å². The van der Waals surface area contributed by atoms with Crippen molar-refractivity contribution in [3.8, 4) is 0 Å². The van der Waals surface area contributed by atoms with Gasteiger partial charge in [0.2, 0.25) is 0 Å². The maximum absolute atomic E-state index is 12.6. The second-order valence-electron chi connectivity index (χ2n) is 5.04. The number of benzene rings is 1. The molecular formula is C17H15ClN2OS. The van der Waals surface area contributed by atoms with Gasteiger partial charge in [0.1, 0.15) is 4.88 Å². The van der Waals surface area contributed by atoms with Gasteiger partial charge in [-0.25, -0.2) is 0 Å². The fourth-order valence-electron chi connectivity index (χ4n) is 2.25. The van der Waals surface area contributed by atoms with Crippen molar-refractivity contribution in [2.45, 2.75) is 6.42 Å². The zero-order valence-electron chi connectivity index (χ0n) is 12.1. The molecule has 0 aliphatic rings. The van der Waals surface area contributed by atoms with Crippen LogP contribution < -0.4 is 0 Å². The van der Waals surface area contributed by atoms with Crippen LogP contribution in [0, 0.1) is 0 Å². The normalized spacial score (nSPS) is 10.8. The van der Waals surface area contributed by atoms with E-state index in [9.17, 15) is 4.79 Å². The van der Waals surface area contributed by atoms with Gasteiger partial charge in [-0.2, -0.15) is 0 Å². The summed E-state index contributed by atoms with van der Waals surface area (Å²) in [5.41, 5.74) is 0.976. The van der Waals surface area contributed by atoms with Crippen LogP contribution in [0.5, 0.6) is 0 Å². The van der Waals surface area contributed by atoms with E-state index in [4.69, 9.17) is 11.6 Å². The number of fused-ring (bicyclic) bond motifs is 1. The summed E-state index contributed by atoms with van der Waals surface area (Å²) in [6.45, 7) is 0.612. The number of carbonyl (C=O) groups excluding carboxylic acids is 1. The molecular weight excluding hydrogens is 316 g/mol. The van der Waals surface area contributed by atoms with Crippen LogP contribution in [0.15, 0.2) is 48.7 Å². The molecule has 0 aliphatic carbocycles. The molecule has 3 rings (SSSR count). The van der Waals surface area contributed by atoms with Crippen LogP contribution in [0.4, 0.5) is 0 Å². The molecule has 1 aromatic carbocycles. The largest absolute Gasteiger partial charge is 0.341 e. The number of nitrogens with zero attached hydrogens (tertiary/aromatic N) is 2. The number of likely N-dealkylation sites (N-methyl/N-ethyl adjacent to an activating group) is 1. The summed E-state index contributed by atoms with van der Waals surface area (Å²) in [7, 11) is 1.80. The third-order valence-corrected chi connectivity index (χ3v) is 5.17. The number of aromatic nitrogens is 1. The molecule has 0 saturated heterocycles. The van der Waals surface area contributed by atoms with Crippen LogP contribution in [0.25, 0.3) is 10.1 Å². The minimum Gasteiger partial charge on any atom is -0.341 e. The van der Waals surface area contributed by atoms with Gasteiger partial charge in [0.05, 0.1) is 5.02 Å². The van der Waals surface area contributed by atoms with Gasteiger partial charge in [0.25, 0.3) is 5.91 Å². The Morgan fingerprint density at radius 2 is 2.00 bits per heavy atom. The first-order chi connectivity index (χ1) is 10.7. The Kier molecular flexibility index (Phi) is 4.41. The molecule has 3 nitrogen and oxygen atoms in total. The Labute approximate surface area is 138 Å². The standard InChI is InChI=1S/C17H15ClN2OS/c1-20(11-9-12-6-4-5-10-19-12)17(21)16-15(18)13-7-2-3-8-14(13)22-16/h2-8,10H,9,11H2,1H3. The molecule has 112 valence electrons. The third-order valence-electron chi connectivity index (χ3n) is 3.51. The Hall–Kier alpha value is -1.91. The second kappa shape index (κ2) is 6.46. The molecule has 0 N–H and O–H groups in total. The summed E-state index contributed by atoms with van der Waals surface area (Å²) in [6, 6.07) is 13.6. The molecule has 1 amide bonds. The molecule has 0 aliphatic heterocycles. The molecule has 2 heterocycles. The summed E-state index contributed by atoms with van der Waals surface area (Å²) in [5.74, 6) is -0.0397. The number of rotatable bonds is 4. The van der Waals surface area contributed by atoms with Gasteiger partial charge in [-0.05, 0) is 18.2 Å². The van der Waals surface area contributed by atoms with Gasteiger partial charge >= 0.3 is 0 Å². The Morgan fingerprint density at radius 3 is 2.73 bits per heavy atom. The van der Waals surface area contributed by atoms with E-state index < -0.39 is 0 Å². The second-order valence-corrected chi connectivity index (χ2v) is 6.47. The molecule has 0 fully saturated rings. The third kappa shape index (κ3) is 2.98. The SMILES string of the molecule is CN(CCc1ccccn1)C(=O)c1sc2ccccc2c1Cl. The number of hydrogen-bond donors (Lipinski definition) is 0. The van der Waals surface area contributed by atoms with Crippen molar-refractivity contribution in [2.24, 2.45) is 0 Å². The number of amides is 1. The summed E-state index contributed by atoms with van der Waals surface area (Å²) in [4.78, 5) is 19.2. The topological polar surface area (TPSA) is 33.2 Å². The van der Waals surface area contributed by atoms with Crippen LogP contribution in [0.1, 0.15) is 15.4 Å². The van der Waals surface area contributed by atoms with E-state index in [1.165, 1.54) is 11.3 Å². The minimum absolute atomic E-state index is 0.0397. The van der Waals surface area contributed by atoms with Crippen LogP contribution in [0.3, 0.4) is 0 Å². The van der Waals surface area contributed by atoms with Gasteiger partial charge in [-0.3, -0.25) is 9.78 Å². The van der Waals surface area contributed by atoms with Crippen molar-refractivity contribution >= 4 is 38.9 Å². The zero-order valence-corrected chi connectivity index (χ0v) is 13.7. The van der Waals surface area contributed by atoms with Crippen molar-refractivity contribution in [3.05, 3.63) is 64.3 Å². The number of thiophene rings is 1. The molecule has 5 heteroatoms. The molecule has 0 atom stereocenters. The van der Waals surface area contributed by atoms with Crippen LogP contribution in [-0.4, -0.2) is 29.4 Å². The number of hydrogen-bond acceptors (Lipinski definition) is 3. The van der Waals surface area contributed by atoms with Crippen molar-refractivity contribution in [3.63, 3.8) is 0 Å². The highest BCUT2D eigenvalue weighted by atomic mass is 35.5. The van der Waals surface area contributed by atoms with Crippen molar-refractivity contribution in [1.82, 2.24) is 9.88 Å². The number of pyridine rings is 1. The predicted octanol–water partition coefficient (Wildman–Crippen LogP) is 4.26.